The number of halogens is 1. The fourth-order valence-electron chi connectivity index (χ4n) is 2.30. The number of para-hydroxylation sites is 2. The molecule has 2 N–H and O–H groups in total. The van der Waals surface area contributed by atoms with E-state index in [0.717, 1.165) is 15.7 Å². The molecule has 0 radical (unpaired) electrons. The number of methoxy groups -OCH3 is 1. The van der Waals surface area contributed by atoms with E-state index < -0.39 is 6.03 Å². The first kappa shape index (κ1) is 14.5. The Hall–Kier alpha value is -2.44. The number of aryl methyl sites for hydroxylation is 1. The van der Waals surface area contributed by atoms with Crippen LogP contribution in [0, 0.1) is 6.92 Å². The number of rotatable bonds is 2. The Bertz CT molecular complexity index is 751. The molecule has 0 saturated carbocycles. The van der Waals surface area contributed by atoms with Crippen LogP contribution in [0.1, 0.15) is 5.56 Å². The summed E-state index contributed by atoms with van der Waals surface area (Å²) >= 11 is 6.08. The number of ether oxygens (including phenoxy) is 1. The van der Waals surface area contributed by atoms with E-state index in [1.165, 1.54) is 7.11 Å². The molecular formula is C15H14ClN3O3. The van der Waals surface area contributed by atoms with Crippen molar-refractivity contribution in [2.24, 2.45) is 0 Å². The fraction of sp³-hybridized carbons (Fsp3) is 0.133. The van der Waals surface area contributed by atoms with Crippen molar-refractivity contribution in [3.8, 4) is 5.75 Å². The minimum Gasteiger partial charge on any atom is -0.494 e. The van der Waals surface area contributed by atoms with E-state index in [1.807, 2.05) is 6.92 Å². The van der Waals surface area contributed by atoms with E-state index in [-0.39, 0.29) is 0 Å². The molecule has 0 aromatic heterocycles. The topological polar surface area (TPSA) is 65.0 Å². The van der Waals surface area contributed by atoms with E-state index in [1.54, 1.807) is 36.4 Å². The molecule has 7 heteroatoms. The SMILES string of the molecule is COc1cc(Cl)c(C)cc1N1C(=O)Nc2ccccc2N1O. The summed E-state index contributed by atoms with van der Waals surface area (Å²) in [6, 6.07) is 9.72. The van der Waals surface area contributed by atoms with E-state index in [0.29, 0.717) is 27.8 Å². The predicted molar refractivity (Wildman–Crippen MR) is 84.9 cm³/mol. The van der Waals surface area contributed by atoms with Gasteiger partial charge in [-0.2, -0.15) is 10.2 Å². The van der Waals surface area contributed by atoms with Crippen LogP contribution in [0.5, 0.6) is 5.75 Å². The van der Waals surface area contributed by atoms with Crippen molar-refractivity contribution in [1.82, 2.24) is 0 Å². The van der Waals surface area contributed by atoms with Crippen LogP contribution >= 0.6 is 11.6 Å². The monoisotopic (exact) mass is 319 g/mol. The van der Waals surface area contributed by atoms with Gasteiger partial charge in [-0.3, -0.25) is 5.21 Å². The molecule has 1 aliphatic rings. The van der Waals surface area contributed by atoms with Gasteiger partial charge in [0.15, 0.2) is 0 Å². The number of urea groups is 1. The van der Waals surface area contributed by atoms with Crippen LogP contribution in [0.3, 0.4) is 0 Å². The van der Waals surface area contributed by atoms with Crippen LogP contribution in [0.4, 0.5) is 21.9 Å². The van der Waals surface area contributed by atoms with Gasteiger partial charge in [0.25, 0.3) is 0 Å². The number of nitrogens with one attached hydrogen (secondary N) is 1. The molecule has 0 atom stereocenters. The molecule has 6 nitrogen and oxygen atoms in total. The molecule has 0 aliphatic carbocycles. The number of carbonyl (C=O) groups is 1. The number of nitrogens with zero attached hydrogens (tertiary/aromatic N) is 2. The number of benzene rings is 2. The molecule has 0 saturated heterocycles. The van der Waals surface area contributed by atoms with Gasteiger partial charge < -0.3 is 10.1 Å². The summed E-state index contributed by atoms with van der Waals surface area (Å²) < 4.78 is 5.28. The van der Waals surface area contributed by atoms with Gasteiger partial charge >= 0.3 is 6.03 Å². The highest BCUT2D eigenvalue weighted by Gasteiger charge is 2.32. The lowest BCUT2D eigenvalue weighted by Gasteiger charge is -2.36. The second kappa shape index (κ2) is 5.40. The van der Waals surface area contributed by atoms with Crippen LogP contribution in [0.2, 0.25) is 5.02 Å². The predicted octanol–water partition coefficient (Wildman–Crippen LogP) is 3.82. The van der Waals surface area contributed by atoms with Crippen molar-refractivity contribution in [1.29, 1.82) is 0 Å². The first-order valence-electron chi connectivity index (χ1n) is 6.56. The van der Waals surface area contributed by atoms with Gasteiger partial charge in [0.1, 0.15) is 17.1 Å². The summed E-state index contributed by atoms with van der Waals surface area (Å²) in [7, 11) is 1.47. The minimum absolute atomic E-state index is 0.379. The third-order valence-electron chi connectivity index (χ3n) is 3.43. The minimum atomic E-state index is -0.499. The second-order valence-electron chi connectivity index (χ2n) is 4.82. The summed E-state index contributed by atoms with van der Waals surface area (Å²) in [5.74, 6) is 0.379. The first-order valence-corrected chi connectivity index (χ1v) is 6.94. The van der Waals surface area contributed by atoms with Crippen molar-refractivity contribution < 1.29 is 14.7 Å². The number of hydrogen-bond donors (Lipinski definition) is 2. The van der Waals surface area contributed by atoms with Crippen molar-refractivity contribution in [2.45, 2.75) is 6.92 Å². The quantitative estimate of drug-likeness (QED) is 0.883. The standard InChI is InChI=1S/C15H14ClN3O3/c1-9-7-13(14(22-2)8-10(9)16)18-15(20)17-11-5-3-4-6-12(11)19(18)21/h3-8,21H,1-2H3,(H,17,20). The molecule has 1 aliphatic heterocycles. The van der Waals surface area contributed by atoms with E-state index in [4.69, 9.17) is 16.3 Å². The average Bonchev–Trinajstić information content (AvgIpc) is 2.50. The molecule has 2 aromatic carbocycles. The van der Waals surface area contributed by atoms with Crippen LogP contribution in [0.15, 0.2) is 36.4 Å². The highest BCUT2D eigenvalue weighted by molar-refractivity contribution is 6.31. The highest BCUT2D eigenvalue weighted by Crippen LogP contribution is 2.39. The van der Waals surface area contributed by atoms with Crippen LogP contribution in [0.25, 0.3) is 0 Å². The summed E-state index contributed by atoms with van der Waals surface area (Å²) in [5.41, 5.74) is 2.13. The number of hydrogen-bond acceptors (Lipinski definition) is 4. The van der Waals surface area contributed by atoms with Gasteiger partial charge in [0, 0.05) is 11.1 Å². The second-order valence-corrected chi connectivity index (χ2v) is 5.23. The van der Waals surface area contributed by atoms with Crippen LogP contribution in [-0.2, 0) is 0 Å². The Morgan fingerprint density at radius 3 is 2.68 bits per heavy atom. The smallest absolute Gasteiger partial charge is 0.347 e. The molecule has 0 fully saturated rings. The number of fused-ring (bicyclic) bond motifs is 1. The molecule has 2 amide bonds. The third-order valence-corrected chi connectivity index (χ3v) is 3.84. The Kier molecular flexibility index (Phi) is 3.56. The van der Waals surface area contributed by atoms with Gasteiger partial charge in [-0.1, -0.05) is 23.7 Å². The zero-order valence-corrected chi connectivity index (χ0v) is 12.8. The molecule has 0 unspecified atom stereocenters. The van der Waals surface area contributed by atoms with Crippen molar-refractivity contribution in [3.05, 3.63) is 47.0 Å². The first-order chi connectivity index (χ1) is 10.5. The molecular weight excluding hydrogens is 306 g/mol. The van der Waals surface area contributed by atoms with Crippen molar-refractivity contribution in [3.63, 3.8) is 0 Å². The van der Waals surface area contributed by atoms with E-state index in [9.17, 15) is 10.0 Å². The maximum atomic E-state index is 12.4. The highest BCUT2D eigenvalue weighted by atomic mass is 35.5. The zero-order valence-electron chi connectivity index (χ0n) is 12.0. The third kappa shape index (κ3) is 2.22. The lowest BCUT2D eigenvalue weighted by Crippen LogP contribution is -2.51. The molecule has 1 heterocycles. The number of hydrazine groups is 1. The van der Waals surface area contributed by atoms with E-state index >= 15 is 0 Å². The lowest BCUT2D eigenvalue weighted by atomic mass is 10.2. The summed E-state index contributed by atoms with van der Waals surface area (Å²) in [6.45, 7) is 1.81. The lowest BCUT2D eigenvalue weighted by molar-refractivity contribution is 0.220. The average molecular weight is 320 g/mol. The Balaban J connectivity index is 2.13. The molecule has 0 spiro atoms. The maximum Gasteiger partial charge on any atom is 0.347 e. The number of amides is 2. The Morgan fingerprint density at radius 2 is 1.95 bits per heavy atom. The Morgan fingerprint density at radius 1 is 1.23 bits per heavy atom. The van der Waals surface area contributed by atoms with E-state index in [2.05, 4.69) is 5.32 Å². The van der Waals surface area contributed by atoms with Gasteiger partial charge in [-0.05, 0) is 30.7 Å². The fourth-order valence-corrected chi connectivity index (χ4v) is 2.46. The Labute approximate surface area is 132 Å². The van der Waals surface area contributed by atoms with Crippen molar-refractivity contribution >= 4 is 34.7 Å². The maximum absolute atomic E-state index is 12.4. The largest absolute Gasteiger partial charge is 0.494 e. The van der Waals surface area contributed by atoms with Crippen LogP contribution < -0.4 is 20.2 Å². The zero-order chi connectivity index (χ0) is 15.9. The van der Waals surface area contributed by atoms with Gasteiger partial charge in [-0.25, -0.2) is 4.79 Å². The van der Waals surface area contributed by atoms with Crippen LogP contribution in [-0.4, -0.2) is 18.3 Å². The number of carbonyl (C=O) groups excluding carboxylic acids is 1. The van der Waals surface area contributed by atoms with Gasteiger partial charge in [0.2, 0.25) is 0 Å². The molecule has 0 bridgehead atoms. The van der Waals surface area contributed by atoms with Gasteiger partial charge in [-0.15, -0.1) is 0 Å². The number of anilines is 3. The normalized spacial score (nSPS) is 13.7. The summed E-state index contributed by atoms with van der Waals surface area (Å²) in [6.07, 6.45) is 0. The molecule has 2 aromatic rings. The van der Waals surface area contributed by atoms with Crippen molar-refractivity contribution in [2.75, 3.05) is 22.6 Å². The molecule has 22 heavy (non-hydrogen) atoms. The summed E-state index contributed by atoms with van der Waals surface area (Å²) in [5, 5.41) is 15.6. The summed E-state index contributed by atoms with van der Waals surface area (Å²) in [4.78, 5) is 12.4. The molecule has 3 rings (SSSR count). The van der Waals surface area contributed by atoms with Gasteiger partial charge in [0.05, 0.1) is 12.8 Å². The molecule has 114 valence electrons.